The van der Waals surface area contributed by atoms with Crippen LogP contribution in [0.15, 0.2) is 18.5 Å². The normalized spacial score (nSPS) is 9.83. The van der Waals surface area contributed by atoms with Gasteiger partial charge in [-0.25, -0.2) is 0 Å². The number of pyridine rings is 1. The molecule has 0 aromatic carbocycles. The minimum Gasteiger partial charge on any atom is -0.506 e. The minimum atomic E-state index is 0.222. The highest BCUT2D eigenvalue weighted by Gasteiger charge is 2.01. The zero-order chi connectivity index (χ0) is 8.97. The Morgan fingerprint density at radius 3 is 2.50 bits per heavy atom. The third-order valence-corrected chi connectivity index (χ3v) is 1.84. The van der Waals surface area contributed by atoms with Crippen molar-refractivity contribution in [2.45, 2.75) is 13.8 Å². The third-order valence-electron chi connectivity index (χ3n) is 1.84. The highest BCUT2D eigenvalue weighted by Crippen LogP contribution is 2.17. The van der Waals surface area contributed by atoms with Gasteiger partial charge in [0.25, 0.3) is 0 Å². The second kappa shape index (κ2) is 3.95. The van der Waals surface area contributed by atoms with E-state index in [1.54, 1.807) is 12.3 Å². The fraction of sp³-hybridized carbons (Fsp3) is 0.444. The molecule has 0 fully saturated rings. The van der Waals surface area contributed by atoms with Crippen LogP contribution >= 0.6 is 0 Å². The van der Waals surface area contributed by atoms with Crippen molar-refractivity contribution < 1.29 is 5.11 Å². The van der Waals surface area contributed by atoms with E-state index >= 15 is 0 Å². The number of nitrogens with zero attached hydrogens (tertiary/aromatic N) is 2. The smallest absolute Gasteiger partial charge is 0.135 e. The first-order chi connectivity index (χ1) is 5.77. The molecule has 0 aliphatic heterocycles. The van der Waals surface area contributed by atoms with Crippen LogP contribution in [0.5, 0.6) is 5.75 Å². The summed E-state index contributed by atoms with van der Waals surface area (Å²) in [6, 6.07) is 1.72. The summed E-state index contributed by atoms with van der Waals surface area (Å²) in [5.41, 5.74) is 0.972. The van der Waals surface area contributed by atoms with Crippen molar-refractivity contribution in [1.82, 2.24) is 4.98 Å². The van der Waals surface area contributed by atoms with Crippen LogP contribution in [0.1, 0.15) is 13.8 Å². The molecule has 1 aromatic rings. The third kappa shape index (κ3) is 1.87. The summed E-state index contributed by atoms with van der Waals surface area (Å²) in [6.07, 6.45) is 3.19. The molecule has 0 bridgehead atoms. The van der Waals surface area contributed by atoms with Crippen molar-refractivity contribution >= 4 is 5.69 Å². The molecule has 1 rings (SSSR count). The van der Waals surface area contributed by atoms with Crippen LogP contribution in [0.3, 0.4) is 0 Å². The van der Waals surface area contributed by atoms with Gasteiger partial charge < -0.3 is 10.0 Å². The van der Waals surface area contributed by atoms with E-state index in [0.717, 1.165) is 18.8 Å². The first kappa shape index (κ1) is 8.84. The maximum Gasteiger partial charge on any atom is 0.135 e. The molecule has 0 atom stereocenters. The number of anilines is 1. The second-order valence-electron chi connectivity index (χ2n) is 2.57. The standard InChI is InChI=1S/C9H14N2O/c1-3-11(4-2)8-5-9(12)7-10-6-8/h5-7,12H,3-4H2,1-2H3. The van der Waals surface area contributed by atoms with Crippen LogP contribution in [0.2, 0.25) is 0 Å². The van der Waals surface area contributed by atoms with Gasteiger partial charge in [-0.05, 0) is 13.8 Å². The van der Waals surface area contributed by atoms with Crippen LogP contribution in [-0.4, -0.2) is 23.2 Å². The summed E-state index contributed by atoms with van der Waals surface area (Å²) >= 11 is 0. The number of aromatic nitrogens is 1. The van der Waals surface area contributed by atoms with Crippen LogP contribution < -0.4 is 4.90 Å². The van der Waals surface area contributed by atoms with Gasteiger partial charge in [0, 0.05) is 19.2 Å². The SMILES string of the molecule is CCN(CC)c1cncc(O)c1. The molecule has 0 aliphatic rings. The summed E-state index contributed by atoms with van der Waals surface area (Å²) in [6.45, 7) is 6.02. The first-order valence-electron chi connectivity index (χ1n) is 4.16. The molecule has 0 saturated carbocycles. The Hall–Kier alpha value is -1.25. The van der Waals surface area contributed by atoms with Crippen LogP contribution in [0, 0.1) is 0 Å². The van der Waals surface area contributed by atoms with E-state index in [4.69, 9.17) is 5.11 Å². The fourth-order valence-electron chi connectivity index (χ4n) is 1.18. The lowest BCUT2D eigenvalue weighted by atomic mass is 10.3. The Balaban J connectivity index is 2.85. The molecule has 0 amide bonds. The molecule has 0 saturated heterocycles. The molecule has 1 N–H and O–H groups in total. The molecular formula is C9H14N2O. The number of hydrogen-bond acceptors (Lipinski definition) is 3. The summed E-state index contributed by atoms with van der Waals surface area (Å²) < 4.78 is 0. The molecule has 0 spiro atoms. The van der Waals surface area contributed by atoms with Gasteiger partial charge in [-0.2, -0.15) is 0 Å². The van der Waals surface area contributed by atoms with Gasteiger partial charge >= 0.3 is 0 Å². The van der Waals surface area contributed by atoms with Crippen molar-refractivity contribution in [3.63, 3.8) is 0 Å². The van der Waals surface area contributed by atoms with Crippen molar-refractivity contribution in [3.8, 4) is 5.75 Å². The molecule has 1 heterocycles. The van der Waals surface area contributed by atoms with Gasteiger partial charge in [0.05, 0.1) is 18.1 Å². The van der Waals surface area contributed by atoms with Crippen LogP contribution in [-0.2, 0) is 0 Å². The van der Waals surface area contributed by atoms with Gasteiger partial charge in [0.15, 0.2) is 0 Å². The predicted molar refractivity (Wildman–Crippen MR) is 49.5 cm³/mol. The lowest BCUT2D eigenvalue weighted by Gasteiger charge is -2.20. The van der Waals surface area contributed by atoms with Crippen molar-refractivity contribution in [1.29, 1.82) is 0 Å². The number of hydrogen-bond donors (Lipinski definition) is 1. The van der Waals surface area contributed by atoms with Crippen molar-refractivity contribution in [2.75, 3.05) is 18.0 Å². The molecular weight excluding hydrogens is 152 g/mol. The van der Waals surface area contributed by atoms with Crippen LogP contribution in [0.25, 0.3) is 0 Å². The van der Waals surface area contributed by atoms with E-state index in [2.05, 4.69) is 23.7 Å². The highest BCUT2D eigenvalue weighted by atomic mass is 16.3. The van der Waals surface area contributed by atoms with Crippen molar-refractivity contribution in [2.24, 2.45) is 0 Å². The maximum absolute atomic E-state index is 9.16. The van der Waals surface area contributed by atoms with E-state index in [0.29, 0.717) is 0 Å². The topological polar surface area (TPSA) is 36.4 Å². The number of aromatic hydroxyl groups is 1. The molecule has 66 valence electrons. The Morgan fingerprint density at radius 1 is 1.33 bits per heavy atom. The quantitative estimate of drug-likeness (QED) is 0.741. The Kier molecular flexibility index (Phi) is 2.91. The average molecular weight is 166 g/mol. The lowest BCUT2D eigenvalue weighted by molar-refractivity contribution is 0.472. The second-order valence-corrected chi connectivity index (χ2v) is 2.57. The maximum atomic E-state index is 9.16. The molecule has 0 aliphatic carbocycles. The highest BCUT2D eigenvalue weighted by molar-refractivity contribution is 5.47. The van der Waals surface area contributed by atoms with Gasteiger partial charge in [0.1, 0.15) is 5.75 Å². The van der Waals surface area contributed by atoms with E-state index in [-0.39, 0.29) is 5.75 Å². The van der Waals surface area contributed by atoms with Crippen LogP contribution in [0.4, 0.5) is 5.69 Å². The average Bonchev–Trinajstić information content (AvgIpc) is 2.07. The zero-order valence-electron chi connectivity index (χ0n) is 7.49. The van der Waals surface area contributed by atoms with Gasteiger partial charge in [-0.3, -0.25) is 4.98 Å². The van der Waals surface area contributed by atoms with E-state index in [1.165, 1.54) is 6.20 Å². The molecule has 12 heavy (non-hydrogen) atoms. The van der Waals surface area contributed by atoms with Gasteiger partial charge in [0.2, 0.25) is 0 Å². The van der Waals surface area contributed by atoms with Gasteiger partial charge in [-0.1, -0.05) is 0 Å². The summed E-state index contributed by atoms with van der Waals surface area (Å²) in [5, 5.41) is 9.16. The summed E-state index contributed by atoms with van der Waals surface area (Å²) in [4.78, 5) is 6.04. The fourth-order valence-corrected chi connectivity index (χ4v) is 1.18. The Labute approximate surface area is 72.7 Å². The molecule has 3 heteroatoms. The molecule has 0 unspecified atom stereocenters. The van der Waals surface area contributed by atoms with E-state index in [1.807, 2.05) is 0 Å². The minimum absolute atomic E-state index is 0.222. The Morgan fingerprint density at radius 2 is 2.00 bits per heavy atom. The Bertz CT molecular complexity index is 246. The number of rotatable bonds is 3. The van der Waals surface area contributed by atoms with Crippen molar-refractivity contribution in [3.05, 3.63) is 18.5 Å². The first-order valence-corrected chi connectivity index (χ1v) is 4.16. The lowest BCUT2D eigenvalue weighted by Crippen LogP contribution is -2.21. The van der Waals surface area contributed by atoms with Gasteiger partial charge in [-0.15, -0.1) is 0 Å². The van der Waals surface area contributed by atoms with E-state index < -0.39 is 0 Å². The molecule has 0 radical (unpaired) electrons. The predicted octanol–water partition coefficient (Wildman–Crippen LogP) is 1.63. The monoisotopic (exact) mass is 166 g/mol. The largest absolute Gasteiger partial charge is 0.506 e. The zero-order valence-corrected chi connectivity index (χ0v) is 7.49. The van der Waals surface area contributed by atoms with E-state index in [9.17, 15) is 0 Å². The summed E-state index contributed by atoms with van der Waals surface area (Å²) in [7, 11) is 0. The molecule has 3 nitrogen and oxygen atoms in total. The molecule has 1 aromatic heterocycles. The summed E-state index contributed by atoms with van der Waals surface area (Å²) in [5.74, 6) is 0.222.